The maximum absolute atomic E-state index is 6.11. The molecular formula is C17H20ClNO. The summed E-state index contributed by atoms with van der Waals surface area (Å²) in [5, 5.41) is 4.10. The monoisotopic (exact) mass is 289 g/mol. The first-order valence-corrected chi connectivity index (χ1v) is 7.02. The topological polar surface area (TPSA) is 21.3 Å². The molecule has 1 N–H and O–H groups in total. The molecule has 20 heavy (non-hydrogen) atoms. The molecule has 0 aliphatic heterocycles. The summed E-state index contributed by atoms with van der Waals surface area (Å²) in [6.45, 7) is 4.19. The average molecular weight is 290 g/mol. The second-order valence-corrected chi connectivity index (χ2v) is 5.41. The minimum absolute atomic E-state index is 0.0595. The van der Waals surface area contributed by atoms with Crippen molar-refractivity contribution in [2.24, 2.45) is 0 Å². The Balaban J connectivity index is 2.57. The zero-order valence-electron chi connectivity index (χ0n) is 12.3. The van der Waals surface area contributed by atoms with Crippen LogP contribution in [0, 0.1) is 13.8 Å². The summed E-state index contributed by atoms with van der Waals surface area (Å²) in [4.78, 5) is 0. The van der Waals surface area contributed by atoms with Crippen molar-refractivity contribution in [3.63, 3.8) is 0 Å². The minimum Gasteiger partial charge on any atom is -0.496 e. The number of methoxy groups -OCH3 is 1. The highest BCUT2D eigenvalue weighted by Gasteiger charge is 2.19. The van der Waals surface area contributed by atoms with Gasteiger partial charge in [0.2, 0.25) is 0 Å². The molecule has 2 nitrogen and oxygen atoms in total. The van der Waals surface area contributed by atoms with E-state index in [0.29, 0.717) is 0 Å². The van der Waals surface area contributed by atoms with E-state index in [4.69, 9.17) is 16.3 Å². The number of rotatable bonds is 4. The molecule has 0 heterocycles. The molecule has 1 unspecified atom stereocenters. The van der Waals surface area contributed by atoms with Gasteiger partial charge in [0.1, 0.15) is 5.75 Å². The van der Waals surface area contributed by atoms with Gasteiger partial charge in [-0.05, 0) is 55.8 Å². The van der Waals surface area contributed by atoms with Gasteiger partial charge in [-0.1, -0.05) is 29.8 Å². The lowest BCUT2D eigenvalue weighted by molar-refractivity contribution is 0.404. The molecule has 0 fully saturated rings. The standard InChI is InChI=1S/C17H20ClNO/c1-11-8-12(2)16(15(9-11)20-4)17(19-3)13-6-5-7-14(18)10-13/h5-10,17,19H,1-4H3. The third-order valence-electron chi connectivity index (χ3n) is 3.47. The fraction of sp³-hybridized carbons (Fsp3) is 0.294. The highest BCUT2D eigenvalue weighted by molar-refractivity contribution is 6.30. The van der Waals surface area contributed by atoms with Crippen molar-refractivity contribution in [2.45, 2.75) is 19.9 Å². The van der Waals surface area contributed by atoms with Crippen LogP contribution in [0.5, 0.6) is 5.75 Å². The predicted molar refractivity (Wildman–Crippen MR) is 84.8 cm³/mol. The van der Waals surface area contributed by atoms with Crippen molar-refractivity contribution in [1.29, 1.82) is 0 Å². The molecule has 0 amide bonds. The van der Waals surface area contributed by atoms with Crippen LogP contribution in [-0.2, 0) is 0 Å². The molecule has 106 valence electrons. The highest BCUT2D eigenvalue weighted by Crippen LogP contribution is 2.34. The van der Waals surface area contributed by atoms with Crippen LogP contribution in [0.25, 0.3) is 0 Å². The van der Waals surface area contributed by atoms with E-state index in [1.807, 2.05) is 25.2 Å². The summed E-state index contributed by atoms with van der Waals surface area (Å²) in [6.07, 6.45) is 0. The number of nitrogens with one attached hydrogen (secondary N) is 1. The number of ether oxygens (including phenoxy) is 1. The number of halogens is 1. The Kier molecular flexibility index (Phi) is 4.69. The summed E-state index contributed by atoms with van der Waals surface area (Å²) < 4.78 is 5.57. The van der Waals surface area contributed by atoms with Gasteiger partial charge in [-0.25, -0.2) is 0 Å². The number of benzene rings is 2. The third-order valence-corrected chi connectivity index (χ3v) is 3.71. The first-order valence-electron chi connectivity index (χ1n) is 6.64. The van der Waals surface area contributed by atoms with E-state index in [2.05, 4.69) is 37.4 Å². The molecule has 0 aromatic heterocycles. The summed E-state index contributed by atoms with van der Waals surface area (Å²) in [6, 6.07) is 12.2. The zero-order valence-corrected chi connectivity index (χ0v) is 13.1. The molecule has 0 saturated carbocycles. The van der Waals surface area contributed by atoms with Crippen LogP contribution in [0.2, 0.25) is 5.02 Å². The number of hydrogen-bond acceptors (Lipinski definition) is 2. The van der Waals surface area contributed by atoms with Crippen LogP contribution in [0.4, 0.5) is 0 Å². The lowest BCUT2D eigenvalue weighted by Gasteiger charge is -2.23. The fourth-order valence-electron chi connectivity index (χ4n) is 2.64. The Morgan fingerprint density at radius 1 is 1.15 bits per heavy atom. The molecule has 2 aromatic rings. The quantitative estimate of drug-likeness (QED) is 0.907. The number of aryl methyl sites for hydroxylation is 2. The molecule has 0 aliphatic carbocycles. The van der Waals surface area contributed by atoms with Gasteiger partial charge < -0.3 is 10.1 Å². The van der Waals surface area contributed by atoms with Crippen LogP contribution >= 0.6 is 11.6 Å². The van der Waals surface area contributed by atoms with Gasteiger partial charge in [0.05, 0.1) is 13.2 Å². The maximum atomic E-state index is 6.11. The summed E-state index contributed by atoms with van der Waals surface area (Å²) >= 11 is 6.11. The van der Waals surface area contributed by atoms with Crippen molar-refractivity contribution in [3.8, 4) is 5.75 Å². The predicted octanol–water partition coefficient (Wildman–Crippen LogP) is 4.27. The Hall–Kier alpha value is -1.51. The Bertz CT molecular complexity index is 610. The zero-order chi connectivity index (χ0) is 14.7. The molecule has 0 spiro atoms. The van der Waals surface area contributed by atoms with Crippen LogP contribution in [0.15, 0.2) is 36.4 Å². The molecular weight excluding hydrogens is 270 g/mol. The normalized spacial score (nSPS) is 12.2. The smallest absolute Gasteiger partial charge is 0.124 e. The van der Waals surface area contributed by atoms with Gasteiger partial charge in [0.15, 0.2) is 0 Å². The molecule has 2 aromatic carbocycles. The SMILES string of the molecule is CNC(c1cccc(Cl)c1)c1c(C)cc(C)cc1OC. The first kappa shape index (κ1) is 14.9. The van der Waals surface area contributed by atoms with Crippen molar-refractivity contribution < 1.29 is 4.74 Å². The van der Waals surface area contributed by atoms with E-state index in [-0.39, 0.29) is 6.04 Å². The maximum Gasteiger partial charge on any atom is 0.124 e. The van der Waals surface area contributed by atoms with E-state index in [0.717, 1.165) is 21.9 Å². The minimum atomic E-state index is 0.0595. The van der Waals surface area contributed by atoms with Crippen molar-refractivity contribution in [3.05, 3.63) is 63.7 Å². The van der Waals surface area contributed by atoms with Crippen LogP contribution < -0.4 is 10.1 Å². The second-order valence-electron chi connectivity index (χ2n) is 4.97. The lowest BCUT2D eigenvalue weighted by Crippen LogP contribution is -2.19. The summed E-state index contributed by atoms with van der Waals surface area (Å²) in [7, 11) is 3.66. The molecule has 0 saturated heterocycles. The van der Waals surface area contributed by atoms with Crippen molar-refractivity contribution in [1.82, 2.24) is 5.32 Å². The summed E-state index contributed by atoms with van der Waals surface area (Å²) in [5.74, 6) is 0.904. The number of hydrogen-bond donors (Lipinski definition) is 1. The molecule has 0 radical (unpaired) electrons. The average Bonchev–Trinajstić information content (AvgIpc) is 2.41. The summed E-state index contributed by atoms with van der Waals surface area (Å²) in [5.41, 5.74) is 4.69. The van der Waals surface area contributed by atoms with Crippen LogP contribution in [0.1, 0.15) is 28.3 Å². The van der Waals surface area contributed by atoms with Crippen molar-refractivity contribution in [2.75, 3.05) is 14.2 Å². The molecule has 0 aliphatic rings. The van der Waals surface area contributed by atoms with E-state index in [9.17, 15) is 0 Å². The van der Waals surface area contributed by atoms with E-state index < -0.39 is 0 Å². The van der Waals surface area contributed by atoms with E-state index in [1.54, 1.807) is 7.11 Å². The van der Waals surface area contributed by atoms with Gasteiger partial charge in [0, 0.05) is 10.6 Å². The highest BCUT2D eigenvalue weighted by atomic mass is 35.5. The second kappa shape index (κ2) is 6.29. The Labute approximate surface area is 125 Å². The lowest BCUT2D eigenvalue weighted by atomic mass is 9.93. The molecule has 1 atom stereocenters. The van der Waals surface area contributed by atoms with Gasteiger partial charge in [-0.15, -0.1) is 0 Å². The molecule has 3 heteroatoms. The van der Waals surface area contributed by atoms with Crippen molar-refractivity contribution >= 4 is 11.6 Å². The third kappa shape index (κ3) is 2.97. The largest absolute Gasteiger partial charge is 0.496 e. The van der Waals surface area contributed by atoms with Crippen LogP contribution in [0.3, 0.4) is 0 Å². The fourth-order valence-corrected chi connectivity index (χ4v) is 2.84. The van der Waals surface area contributed by atoms with Gasteiger partial charge >= 0.3 is 0 Å². The first-order chi connectivity index (χ1) is 9.56. The van der Waals surface area contributed by atoms with Gasteiger partial charge in [0.25, 0.3) is 0 Å². The Morgan fingerprint density at radius 2 is 1.90 bits per heavy atom. The van der Waals surface area contributed by atoms with Crippen LogP contribution in [-0.4, -0.2) is 14.2 Å². The molecule has 0 bridgehead atoms. The van der Waals surface area contributed by atoms with E-state index >= 15 is 0 Å². The van der Waals surface area contributed by atoms with Gasteiger partial charge in [-0.3, -0.25) is 0 Å². The Morgan fingerprint density at radius 3 is 2.50 bits per heavy atom. The molecule has 2 rings (SSSR count). The van der Waals surface area contributed by atoms with E-state index in [1.165, 1.54) is 11.1 Å². The van der Waals surface area contributed by atoms with Gasteiger partial charge in [-0.2, -0.15) is 0 Å².